The van der Waals surface area contributed by atoms with E-state index in [1.165, 1.54) is 0 Å². The third-order valence-electron chi connectivity index (χ3n) is 2.00. The van der Waals surface area contributed by atoms with Gasteiger partial charge in [0.15, 0.2) is 0 Å². The fourth-order valence-electron chi connectivity index (χ4n) is 1.25. The fraction of sp³-hybridized carbons (Fsp3) is 0.0909. The molecule has 0 bridgehead atoms. The highest BCUT2D eigenvalue weighted by atomic mass is 19.4. The summed E-state index contributed by atoms with van der Waals surface area (Å²) in [7, 11) is 0. The minimum Gasteiger partial charge on any atom is -0.478 e. The monoisotopic (exact) mass is 260 g/mol. The van der Waals surface area contributed by atoms with Crippen LogP contribution in [0.4, 0.5) is 13.2 Å². The maximum absolute atomic E-state index is 12.6. The van der Waals surface area contributed by atoms with E-state index < -0.39 is 29.2 Å². The SMILES string of the molecule is O=C(O)C=Cc1ccc(C(=O)O)c(C(F)(F)F)c1. The number of rotatable bonds is 3. The number of carboxylic acids is 2. The Morgan fingerprint density at radius 1 is 1.17 bits per heavy atom. The Balaban J connectivity index is 3.30. The van der Waals surface area contributed by atoms with Crippen LogP contribution in [0, 0.1) is 0 Å². The second-order valence-electron chi connectivity index (χ2n) is 3.28. The van der Waals surface area contributed by atoms with Gasteiger partial charge >= 0.3 is 18.1 Å². The lowest BCUT2D eigenvalue weighted by molar-refractivity contribution is -0.138. The zero-order valence-corrected chi connectivity index (χ0v) is 8.73. The van der Waals surface area contributed by atoms with Crippen LogP contribution in [-0.2, 0) is 11.0 Å². The molecule has 0 aliphatic carbocycles. The Bertz CT molecular complexity index is 518. The molecule has 0 heterocycles. The van der Waals surface area contributed by atoms with Crippen LogP contribution >= 0.6 is 0 Å². The normalized spacial score (nSPS) is 11.7. The van der Waals surface area contributed by atoms with E-state index in [1.807, 2.05) is 0 Å². The van der Waals surface area contributed by atoms with Gasteiger partial charge in [-0.25, -0.2) is 9.59 Å². The number of halogens is 3. The molecule has 0 atom stereocenters. The molecule has 0 aromatic heterocycles. The largest absolute Gasteiger partial charge is 0.478 e. The maximum atomic E-state index is 12.6. The summed E-state index contributed by atoms with van der Waals surface area (Å²) < 4.78 is 37.8. The lowest BCUT2D eigenvalue weighted by atomic mass is 10.0. The predicted molar refractivity (Wildman–Crippen MR) is 55.1 cm³/mol. The molecular formula is C11H7F3O4. The quantitative estimate of drug-likeness (QED) is 0.819. The molecule has 0 saturated heterocycles. The van der Waals surface area contributed by atoms with Gasteiger partial charge in [0.2, 0.25) is 0 Å². The minimum atomic E-state index is -4.82. The van der Waals surface area contributed by atoms with Crippen LogP contribution in [0.3, 0.4) is 0 Å². The predicted octanol–water partition coefficient (Wildman–Crippen LogP) is 2.50. The number of hydrogen-bond acceptors (Lipinski definition) is 2. The first-order valence-electron chi connectivity index (χ1n) is 4.57. The van der Waals surface area contributed by atoms with E-state index in [-0.39, 0.29) is 5.56 Å². The van der Waals surface area contributed by atoms with Crippen molar-refractivity contribution in [2.45, 2.75) is 6.18 Å². The first-order valence-corrected chi connectivity index (χ1v) is 4.57. The number of benzene rings is 1. The van der Waals surface area contributed by atoms with Crippen molar-refractivity contribution in [1.29, 1.82) is 0 Å². The Morgan fingerprint density at radius 3 is 2.22 bits per heavy atom. The van der Waals surface area contributed by atoms with Gasteiger partial charge in [0.1, 0.15) is 0 Å². The molecule has 0 saturated carbocycles. The highest BCUT2D eigenvalue weighted by Gasteiger charge is 2.35. The van der Waals surface area contributed by atoms with E-state index in [0.29, 0.717) is 12.1 Å². The molecule has 0 unspecified atom stereocenters. The molecule has 2 N–H and O–H groups in total. The van der Waals surface area contributed by atoms with Crippen molar-refractivity contribution in [3.63, 3.8) is 0 Å². The highest BCUT2D eigenvalue weighted by Crippen LogP contribution is 2.33. The highest BCUT2D eigenvalue weighted by molar-refractivity contribution is 5.90. The smallest absolute Gasteiger partial charge is 0.417 e. The zero-order valence-electron chi connectivity index (χ0n) is 8.73. The van der Waals surface area contributed by atoms with Crippen LogP contribution in [0.2, 0.25) is 0 Å². The Hall–Kier alpha value is -2.31. The van der Waals surface area contributed by atoms with Crippen molar-refractivity contribution in [2.24, 2.45) is 0 Å². The number of aromatic carboxylic acids is 1. The first kappa shape index (κ1) is 13.8. The van der Waals surface area contributed by atoms with Gasteiger partial charge in [0, 0.05) is 6.08 Å². The summed E-state index contributed by atoms with van der Waals surface area (Å²) in [5.41, 5.74) is -2.24. The average Bonchev–Trinajstić information content (AvgIpc) is 2.24. The third-order valence-corrected chi connectivity index (χ3v) is 2.00. The summed E-state index contributed by atoms with van der Waals surface area (Å²) in [5.74, 6) is -3.01. The molecule has 1 rings (SSSR count). The van der Waals surface area contributed by atoms with E-state index in [9.17, 15) is 22.8 Å². The second kappa shape index (κ2) is 4.91. The molecule has 18 heavy (non-hydrogen) atoms. The van der Waals surface area contributed by atoms with Crippen LogP contribution < -0.4 is 0 Å². The van der Waals surface area contributed by atoms with Gasteiger partial charge < -0.3 is 10.2 Å². The lowest BCUT2D eigenvalue weighted by Crippen LogP contribution is -2.13. The fourth-order valence-corrected chi connectivity index (χ4v) is 1.25. The molecule has 0 aliphatic heterocycles. The molecule has 7 heteroatoms. The van der Waals surface area contributed by atoms with Crippen molar-refractivity contribution in [1.82, 2.24) is 0 Å². The maximum Gasteiger partial charge on any atom is 0.417 e. The van der Waals surface area contributed by atoms with Gasteiger partial charge in [-0.3, -0.25) is 0 Å². The van der Waals surface area contributed by atoms with Gasteiger partial charge in [-0.15, -0.1) is 0 Å². The zero-order chi connectivity index (χ0) is 13.9. The average molecular weight is 260 g/mol. The van der Waals surface area contributed by atoms with Crippen LogP contribution in [0.1, 0.15) is 21.5 Å². The Morgan fingerprint density at radius 2 is 1.78 bits per heavy atom. The number of alkyl halides is 3. The summed E-state index contributed by atoms with van der Waals surface area (Å²) in [6, 6.07) is 2.47. The van der Waals surface area contributed by atoms with Crippen LogP contribution in [0.25, 0.3) is 6.08 Å². The van der Waals surface area contributed by atoms with E-state index in [4.69, 9.17) is 10.2 Å². The first-order chi connectivity index (χ1) is 8.21. The van der Waals surface area contributed by atoms with Crippen molar-refractivity contribution < 1.29 is 33.0 Å². The molecule has 0 aliphatic rings. The molecule has 96 valence electrons. The van der Waals surface area contributed by atoms with Gasteiger partial charge in [-0.2, -0.15) is 13.2 Å². The van der Waals surface area contributed by atoms with Crippen molar-refractivity contribution in [3.05, 3.63) is 41.0 Å². The van der Waals surface area contributed by atoms with E-state index in [2.05, 4.69) is 0 Å². The lowest BCUT2D eigenvalue weighted by Gasteiger charge is -2.10. The van der Waals surface area contributed by atoms with Gasteiger partial charge in [0.25, 0.3) is 0 Å². The second-order valence-corrected chi connectivity index (χ2v) is 3.28. The molecule has 0 fully saturated rings. The summed E-state index contributed by atoms with van der Waals surface area (Å²) in [6.07, 6.45) is -3.21. The van der Waals surface area contributed by atoms with E-state index in [0.717, 1.165) is 18.2 Å². The molecular weight excluding hydrogens is 253 g/mol. The minimum absolute atomic E-state index is 0.0466. The molecule has 1 aromatic carbocycles. The van der Waals surface area contributed by atoms with Crippen LogP contribution in [0.5, 0.6) is 0 Å². The van der Waals surface area contributed by atoms with Gasteiger partial charge in [0.05, 0.1) is 11.1 Å². The summed E-state index contributed by atoms with van der Waals surface area (Å²) in [6.45, 7) is 0. The Kier molecular flexibility index (Phi) is 3.75. The van der Waals surface area contributed by atoms with Crippen molar-refractivity contribution in [3.8, 4) is 0 Å². The van der Waals surface area contributed by atoms with Gasteiger partial charge in [-0.05, 0) is 23.8 Å². The molecule has 4 nitrogen and oxygen atoms in total. The van der Waals surface area contributed by atoms with Crippen LogP contribution in [0.15, 0.2) is 24.3 Å². The standard InChI is InChI=1S/C11H7F3O4/c12-11(13,14)8-5-6(2-4-9(15)16)1-3-7(8)10(17)18/h1-5H,(H,15,16)(H,17,18). The summed E-state index contributed by atoms with van der Waals surface area (Å²) in [5, 5.41) is 17.0. The Labute approximate surface area is 99.0 Å². The van der Waals surface area contributed by atoms with E-state index >= 15 is 0 Å². The van der Waals surface area contributed by atoms with Crippen molar-refractivity contribution >= 4 is 18.0 Å². The number of aliphatic carboxylic acids is 1. The van der Waals surface area contributed by atoms with E-state index in [1.54, 1.807) is 0 Å². The number of carbonyl (C=O) groups is 2. The van der Waals surface area contributed by atoms with Crippen molar-refractivity contribution in [2.75, 3.05) is 0 Å². The number of hydrogen-bond donors (Lipinski definition) is 2. The summed E-state index contributed by atoms with van der Waals surface area (Å²) >= 11 is 0. The number of carboxylic acid groups (broad SMARTS) is 2. The van der Waals surface area contributed by atoms with Crippen LogP contribution in [-0.4, -0.2) is 22.2 Å². The third kappa shape index (κ3) is 3.34. The topological polar surface area (TPSA) is 74.6 Å². The molecule has 0 amide bonds. The molecule has 0 radical (unpaired) electrons. The van der Waals surface area contributed by atoms with Gasteiger partial charge in [-0.1, -0.05) is 6.07 Å². The molecule has 0 spiro atoms. The summed E-state index contributed by atoms with van der Waals surface area (Å²) in [4.78, 5) is 20.9. The molecule has 1 aromatic rings.